The van der Waals surface area contributed by atoms with E-state index in [1.54, 1.807) is 25.4 Å². The third-order valence-corrected chi connectivity index (χ3v) is 6.41. The number of benzene rings is 2. The number of pyridine rings is 1. The molecular weight excluding hydrogens is 460 g/mol. The summed E-state index contributed by atoms with van der Waals surface area (Å²) in [5.41, 5.74) is 4.28. The van der Waals surface area contributed by atoms with Crippen molar-refractivity contribution < 1.29 is 14.3 Å². The maximum Gasteiger partial charge on any atom is 0.337 e. The fourth-order valence-electron chi connectivity index (χ4n) is 4.42. The third-order valence-electron chi connectivity index (χ3n) is 6.10. The van der Waals surface area contributed by atoms with Gasteiger partial charge in [0, 0.05) is 29.5 Å². The van der Waals surface area contributed by atoms with Crippen LogP contribution in [0.2, 0.25) is 0 Å². The molecule has 1 aliphatic rings. The molecule has 0 saturated carbocycles. The van der Waals surface area contributed by atoms with Gasteiger partial charge in [0.2, 0.25) is 0 Å². The minimum atomic E-state index is -0.365. The van der Waals surface area contributed by atoms with Crippen LogP contribution in [0.15, 0.2) is 91.3 Å². The van der Waals surface area contributed by atoms with Gasteiger partial charge in [0.05, 0.1) is 31.5 Å². The number of anilines is 1. The van der Waals surface area contributed by atoms with Crippen LogP contribution in [-0.2, 0) is 4.74 Å². The van der Waals surface area contributed by atoms with Gasteiger partial charge in [-0.1, -0.05) is 6.07 Å². The molecule has 4 aromatic rings. The first-order valence-corrected chi connectivity index (χ1v) is 11.5. The number of esters is 1. The molecule has 5 rings (SSSR count). The Balaban J connectivity index is 1.60. The lowest BCUT2D eigenvalue weighted by atomic mass is 10.0. The first-order chi connectivity index (χ1) is 17.1. The normalized spacial score (nSPS) is 17.2. The highest BCUT2D eigenvalue weighted by Crippen LogP contribution is 2.42. The minimum Gasteiger partial charge on any atom is -0.497 e. The SMILES string of the molecule is COC(=O)c1ccc(-n2cccc2[C@H]2[C@H](c3ccccn3)NC(=S)N2c2ccc(OC)cc2)cc1. The van der Waals surface area contributed by atoms with Gasteiger partial charge in [-0.3, -0.25) is 4.98 Å². The van der Waals surface area contributed by atoms with E-state index < -0.39 is 0 Å². The molecule has 7 nitrogen and oxygen atoms in total. The Kier molecular flexibility index (Phi) is 6.20. The van der Waals surface area contributed by atoms with E-state index in [4.69, 9.17) is 21.7 Å². The summed E-state index contributed by atoms with van der Waals surface area (Å²) < 4.78 is 12.3. The van der Waals surface area contributed by atoms with Crippen LogP contribution in [0.5, 0.6) is 5.75 Å². The van der Waals surface area contributed by atoms with E-state index in [1.165, 1.54) is 7.11 Å². The predicted molar refractivity (Wildman–Crippen MR) is 138 cm³/mol. The fourth-order valence-corrected chi connectivity index (χ4v) is 4.77. The Bertz CT molecular complexity index is 1340. The number of thiocarbonyl (C=S) groups is 1. The van der Waals surface area contributed by atoms with Crippen molar-refractivity contribution in [1.82, 2.24) is 14.9 Å². The first kappa shape index (κ1) is 22.6. The number of nitrogens with zero attached hydrogens (tertiary/aromatic N) is 3. The Morgan fingerprint density at radius 3 is 2.34 bits per heavy atom. The fraction of sp³-hybridized carbons (Fsp3) is 0.148. The van der Waals surface area contributed by atoms with Gasteiger partial charge in [-0.05, 0) is 85.0 Å². The molecule has 1 saturated heterocycles. The molecule has 0 radical (unpaired) electrons. The molecule has 1 fully saturated rings. The van der Waals surface area contributed by atoms with Crippen LogP contribution in [0.4, 0.5) is 5.69 Å². The smallest absolute Gasteiger partial charge is 0.337 e. The van der Waals surface area contributed by atoms with Crippen molar-refractivity contribution in [1.29, 1.82) is 0 Å². The van der Waals surface area contributed by atoms with Crippen LogP contribution in [-0.4, -0.2) is 34.9 Å². The van der Waals surface area contributed by atoms with E-state index in [2.05, 4.69) is 25.8 Å². The quantitative estimate of drug-likeness (QED) is 0.310. The Morgan fingerprint density at radius 1 is 0.943 bits per heavy atom. The topological polar surface area (TPSA) is 68.6 Å². The van der Waals surface area contributed by atoms with Gasteiger partial charge in [0.25, 0.3) is 0 Å². The molecule has 176 valence electrons. The van der Waals surface area contributed by atoms with Gasteiger partial charge < -0.3 is 24.3 Å². The lowest BCUT2D eigenvalue weighted by Crippen LogP contribution is -2.30. The second-order valence-corrected chi connectivity index (χ2v) is 8.42. The second-order valence-electron chi connectivity index (χ2n) is 8.04. The van der Waals surface area contributed by atoms with Crippen molar-refractivity contribution in [2.75, 3.05) is 19.1 Å². The lowest BCUT2D eigenvalue weighted by Gasteiger charge is -2.29. The zero-order chi connectivity index (χ0) is 24.4. The largest absolute Gasteiger partial charge is 0.497 e. The monoisotopic (exact) mass is 484 g/mol. The predicted octanol–water partition coefficient (Wildman–Crippen LogP) is 4.84. The van der Waals surface area contributed by atoms with E-state index in [0.717, 1.165) is 28.5 Å². The van der Waals surface area contributed by atoms with Crippen LogP contribution in [0.1, 0.15) is 33.8 Å². The molecule has 0 amide bonds. The standard InChI is InChI=1S/C27H24N4O3S/c1-33-21-14-12-20(13-15-21)31-25(24(29-27(31)35)22-6-3-4-16-28-22)23-7-5-17-30(23)19-10-8-18(9-11-19)26(32)34-2/h3-17,24-25H,1-2H3,(H,29,35)/t24-,25-/m0/s1. The number of carbonyl (C=O) groups excluding carboxylic acids is 1. The molecule has 2 aromatic heterocycles. The van der Waals surface area contributed by atoms with E-state index in [0.29, 0.717) is 10.7 Å². The molecule has 0 bridgehead atoms. The molecule has 0 spiro atoms. The van der Waals surface area contributed by atoms with Gasteiger partial charge in [-0.25, -0.2) is 4.79 Å². The van der Waals surface area contributed by atoms with E-state index >= 15 is 0 Å². The average Bonchev–Trinajstić information content (AvgIpc) is 3.53. The van der Waals surface area contributed by atoms with Crippen LogP contribution in [0, 0.1) is 0 Å². The summed E-state index contributed by atoms with van der Waals surface area (Å²) in [7, 11) is 3.02. The molecule has 2 aromatic carbocycles. The number of ether oxygens (including phenoxy) is 2. The lowest BCUT2D eigenvalue weighted by molar-refractivity contribution is 0.0600. The number of hydrogen-bond donors (Lipinski definition) is 1. The maximum absolute atomic E-state index is 11.9. The van der Waals surface area contributed by atoms with Gasteiger partial charge in [0.1, 0.15) is 11.8 Å². The highest BCUT2D eigenvalue weighted by atomic mass is 32.1. The summed E-state index contributed by atoms with van der Waals surface area (Å²) in [4.78, 5) is 18.6. The maximum atomic E-state index is 11.9. The minimum absolute atomic E-state index is 0.172. The zero-order valence-corrected chi connectivity index (χ0v) is 20.1. The molecule has 3 heterocycles. The van der Waals surface area contributed by atoms with Crippen molar-refractivity contribution in [2.45, 2.75) is 12.1 Å². The van der Waals surface area contributed by atoms with Gasteiger partial charge in [0.15, 0.2) is 5.11 Å². The highest BCUT2D eigenvalue weighted by Gasteiger charge is 2.42. The van der Waals surface area contributed by atoms with Crippen LogP contribution >= 0.6 is 12.2 Å². The van der Waals surface area contributed by atoms with Gasteiger partial charge in [-0.2, -0.15) is 0 Å². The average molecular weight is 485 g/mol. The second kappa shape index (κ2) is 9.60. The summed E-state index contributed by atoms with van der Waals surface area (Å²) in [5.74, 6) is 0.411. The summed E-state index contributed by atoms with van der Waals surface area (Å²) in [6.45, 7) is 0. The van der Waals surface area contributed by atoms with Crippen molar-refractivity contribution in [2.24, 2.45) is 0 Å². The van der Waals surface area contributed by atoms with E-state index in [9.17, 15) is 4.79 Å². The summed E-state index contributed by atoms with van der Waals surface area (Å²) in [5, 5.41) is 4.10. The summed E-state index contributed by atoms with van der Waals surface area (Å²) >= 11 is 5.83. The van der Waals surface area contributed by atoms with E-state index in [1.807, 2.05) is 66.9 Å². The molecular formula is C27H24N4O3S. The van der Waals surface area contributed by atoms with Crippen LogP contribution < -0.4 is 15.0 Å². The molecule has 0 aliphatic carbocycles. The molecule has 2 atom stereocenters. The van der Waals surface area contributed by atoms with Crippen molar-refractivity contribution in [3.05, 3.63) is 108 Å². The first-order valence-electron chi connectivity index (χ1n) is 11.1. The number of methoxy groups -OCH3 is 2. The summed E-state index contributed by atoms with van der Waals surface area (Å²) in [6, 6.07) is 24.8. The Labute approximate surface area is 208 Å². The van der Waals surface area contributed by atoms with Crippen LogP contribution in [0.3, 0.4) is 0 Å². The van der Waals surface area contributed by atoms with Crippen LogP contribution in [0.25, 0.3) is 5.69 Å². The third kappa shape index (κ3) is 4.24. The molecule has 35 heavy (non-hydrogen) atoms. The van der Waals surface area contributed by atoms with Gasteiger partial charge >= 0.3 is 5.97 Å². The number of hydrogen-bond acceptors (Lipinski definition) is 5. The summed E-state index contributed by atoms with van der Waals surface area (Å²) in [6.07, 6.45) is 3.79. The number of rotatable bonds is 6. The molecule has 0 unspecified atom stereocenters. The molecule has 8 heteroatoms. The molecule has 1 N–H and O–H groups in total. The van der Waals surface area contributed by atoms with Crippen molar-refractivity contribution in [3.63, 3.8) is 0 Å². The highest BCUT2D eigenvalue weighted by molar-refractivity contribution is 7.80. The van der Waals surface area contributed by atoms with Gasteiger partial charge in [-0.15, -0.1) is 0 Å². The van der Waals surface area contributed by atoms with E-state index in [-0.39, 0.29) is 18.1 Å². The number of nitrogens with one attached hydrogen (secondary N) is 1. The van der Waals surface area contributed by atoms with Crippen molar-refractivity contribution >= 4 is 29.0 Å². The molecule has 1 aliphatic heterocycles. The van der Waals surface area contributed by atoms with Crippen molar-refractivity contribution in [3.8, 4) is 11.4 Å². The number of aromatic nitrogens is 2. The zero-order valence-electron chi connectivity index (χ0n) is 19.3. The Morgan fingerprint density at radius 2 is 1.69 bits per heavy atom. The Hall–Kier alpha value is -4.17. The number of carbonyl (C=O) groups is 1.